The molecule has 1 unspecified atom stereocenters. The number of carboxylic acids is 1. The van der Waals surface area contributed by atoms with E-state index in [0.717, 1.165) is 16.2 Å². The first-order valence-corrected chi connectivity index (χ1v) is 10.3. The molecule has 2 atom stereocenters. The van der Waals surface area contributed by atoms with Crippen molar-refractivity contribution in [3.8, 4) is 0 Å². The number of thioether (sulfide) groups is 1. The quantitative estimate of drug-likeness (QED) is 0.192. The summed E-state index contributed by atoms with van der Waals surface area (Å²) in [5.41, 5.74) is 0.334. The van der Waals surface area contributed by atoms with E-state index in [4.69, 9.17) is 9.57 Å². The number of carbonyl (C=O) groups is 4. The Hall–Kier alpha value is -2.97. The second-order valence-electron chi connectivity index (χ2n) is 5.97. The zero-order valence-electron chi connectivity index (χ0n) is 15.8. The molecule has 1 saturated heterocycles. The summed E-state index contributed by atoms with van der Waals surface area (Å²) in [4.78, 5) is 57.5. The van der Waals surface area contributed by atoms with E-state index < -0.39 is 29.2 Å². The lowest BCUT2D eigenvalue weighted by Crippen LogP contribution is -2.71. The first-order valence-electron chi connectivity index (χ1n) is 8.40. The van der Waals surface area contributed by atoms with Gasteiger partial charge in [0.2, 0.25) is 6.41 Å². The van der Waals surface area contributed by atoms with Gasteiger partial charge < -0.3 is 25.3 Å². The number of hydrogen-bond acceptors (Lipinski definition) is 10. The normalized spacial score (nSPS) is 20.9. The first-order chi connectivity index (χ1) is 14.4. The van der Waals surface area contributed by atoms with Crippen molar-refractivity contribution in [3.63, 3.8) is 0 Å². The van der Waals surface area contributed by atoms with Gasteiger partial charge in [-0.15, -0.1) is 23.1 Å². The summed E-state index contributed by atoms with van der Waals surface area (Å²) in [6.07, 6.45) is 0.448. The van der Waals surface area contributed by atoms with Crippen molar-refractivity contribution >= 4 is 58.1 Å². The van der Waals surface area contributed by atoms with Crippen LogP contribution in [0.15, 0.2) is 21.8 Å². The van der Waals surface area contributed by atoms with E-state index in [0.29, 0.717) is 17.7 Å². The number of hydrogen-bond donors (Lipinski definition) is 3. The maximum atomic E-state index is 12.7. The fraction of sp³-hybridized carbons (Fsp3) is 0.375. The van der Waals surface area contributed by atoms with Gasteiger partial charge in [0.1, 0.15) is 29.9 Å². The lowest BCUT2D eigenvalue weighted by atomic mass is 10.0. The molecule has 0 spiro atoms. The average molecular weight is 455 g/mol. The zero-order chi connectivity index (χ0) is 21.8. The molecule has 0 bridgehead atoms. The molecule has 12 nitrogen and oxygen atoms in total. The Bertz CT molecular complexity index is 944. The van der Waals surface area contributed by atoms with Crippen molar-refractivity contribution in [2.24, 2.45) is 5.16 Å². The highest BCUT2D eigenvalue weighted by molar-refractivity contribution is 8.00. The van der Waals surface area contributed by atoms with Gasteiger partial charge in [-0.05, 0) is 5.57 Å². The standard InChI is InChI=1S/C16H17N5O7S2/c1-27-3-7-4-29-14-10(13(24)21(14)11(7)15(25)26)19-12(23)9(20-28-2)8-5-30-16(18-8)17-6-22/h5-6,10,14H,3-4H2,1-2H3,(H,19,23)(H,25,26)(H,17,18,22)/t10?,14-/m0/s1. The van der Waals surface area contributed by atoms with Crippen molar-refractivity contribution in [1.29, 1.82) is 0 Å². The van der Waals surface area contributed by atoms with E-state index in [1.807, 2.05) is 0 Å². The van der Waals surface area contributed by atoms with Crippen LogP contribution in [0.3, 0.4) is 0 Å². The van der Waals surface area contributed by atoms with Crippen molar-refractivity contribution < 1.29 is 33.9 Å². The molecule has 3 amide bonds. The van der Waals surface area contributed by atoms with Crippen molar-refractivity contribution in [1.82, 2.24) is 15.2 Å². The Balaban J connectivity index is 1.77. The third kappa shape index (κ3) is 4.01. The summed E-state index contributed by atoms with van der Waals surface area (Å²) >= 11 is 2.40. The number of rotatable bonds is 9. The van der Waals surface area contributed by atoms with Crippen molar-refractivity contribution in [2.75, 3.05) is 31.9 Å². The molecule has 0 radical (unpaired) electrons. The molecule has 1 fully saturated rings. The van der Waals surface area contributed by atoms with E-state index in [2.05, 4.69) is 20.8 Å². The van der Waals surface area contributed by atoms with Gasteiger partial charge in [-0.2, -0.15) is 0 Å². The number of nitrogens with one attached hydrogen (secondary N) is 2. The molecule has 1 aromatic rings. The average Bonchev–Trinajstić information content (AvgIpc) is 3.18. The molecule has 2 aliphatic rings. The van der Waals surface area contributed by atoms with Crippen LogP contribution < -0.4 is 10.6 Å². The third-order valence-electron chi connectivity index (χ3n) is 4.18. The summed E-state index contributed by atoms with van der Waals surface area (Å²) < 4.78 is 5.02. The Morgan fingerprint density at radius 2 is 2.23 bits per heavy atom. The lowest BCUT2D eigenvalue weighted by Gasteiger charge is -2.49. The smallest absolute Gasteiger partial charge is 0.352 e. The molecule has 3 N–H and O–H groups in total. The van der Waals surface area contributed by atoms with Gasteiger partial charge in [0.25, 0.3) is 11.8 Å². The minimum atomic E-state index is -1.23. The number of anilines is 1. The highest BCUT2D eigenvalue weighted by atomic mass is 32.2. The van der Waals surface area contributed by atoms with Crippen LogP contribution in [0.4, 0.5) is 5.13 Å². The second-order valence-corrected chi connectivity index (χ2v) is 7.94. The monoisotopic (exact) mass is 455 g/mol. The maximum absolute atomic E-state index is 12.7. The number of aromatic nitrogens is 1. The van der Waals surface area contributed by atoms with Gasteiger partial charge in [0.15, 0.2) is 10.8 Å². The number of nitrogens with zero attached hydrogens (tertiary/aromatic N) is 3. The van der Waals surface area contributed by atoms with E-state index >= 15 is 0 Å². The number of fused-ring (bicyclic) bond motifs is 1. The molecule has 0 saturated carbocycles. The molecule has 30 heavy (non-hydrogen) atoms. The summed E-state index contributed by atoms with van der Waals surface area (Å²) in [6, 6.07) is -0.936. The Morgan fingerprint density at radius 3 is 2.87 bits per heavy atom. The molecule has 1 aromatic heterocycles. The SMILES string of the molecule is COCC1=C(C(=O)O)N2C(=O)C(NC(=O)C(=NOC)c3csc(NC=O)n3)[C@@H]2SC1. The molecule has 3 rings (SSSR count). The number of carbonyl (C=O) groups excluding carboxylic acids is 3. The first kappa shape index (κ1) is 21.7. The molecule has 0 aromatic carbocycles. The number of carboxylic acid groups (broad SMARTS) is 1. The number of amides is 3. The number of ether oxygens (including phenoxy) is 1. The van der Waals surface area contributed by atoms with Gasteiger partial charge in [0.05, 0.1) is 6.61 Å². The molecule has 3 heterocycles. The molecule has 160 valence electrons. The van der Waals surface area contributed by atoms with Gasteiger partial charge in [-0.25, -0.2) is 9.78 Å². The zero-order valence-corrected chi connectivity index (χ0v) is 17.4. The molecule has 2 aliphatic heterocycles. The molecular weight excluding hydrogens is 438 g/mol. The Labute approximate surface area is 178 Å². The molecule has 0 aliphatic carbocycles. The van der Waals surface area contributed by atoms with Crippen LogP contribution >= 0.6 is 23.1 Å². The maximum Gasteiger partial charge on any atom is 0.352 e. The Morgan fingerprint density at radius 1 is 1.47 bits per heavy atom. The largest absolute Gasteiger partial charge is 0.477 e. The highest BCUT2D eigenvalue weighted by Crippen LogP contribution is 2.40. The summed E-state index contributed by atoms with van der Waals surface area (Å²) in [6.45, 7) is 0.0911. The van der Waals surface area contributed by atoms with Crippen LogP contribution in [0.5, 0.6) is 0 Å². The number of β-lactam (4-membered cyclic amide) rings is 1. The lowest BCUT2D eigenvalue weighted by molar-refractivity contribution is -0.150. The topological polar surface area (TPSA) is 160 Å². The minimum Gasteiger partial charge on any atom is -0.477 e. The number of oxime groups is 1. The molecular formula is C16H17N5O7S2. The van der Waals surface area contributed by atoms with E-state index in [-0.39, 0.29) is 28.8 Å². The van der Waals surface area contributed by atoms with Crippen LogP contribution in [0, 0.1) is 0 Å². The van der Waals surface area contributed by atoms with Crippen molar-refractivity contribution in [2.45, 2.75) is 11.4 Å². The second kappa shape index (κ2) is 9.23. The Kier molecular flexibility index (Phi) is 6.69. The minimum absolute atomic E-state index is 0.0911. The fourth-order valence-electron chi connectivity index (χ4n) is 2.97. The van der Waals surface area contributed by atoms with Gasteiger partial charge in [0, 0.05) is 18.2 Å². The van der Waals surface area contributed by atoms with Crippen LogP contribution in [-0.2, 0) is 28.8 Å². The van der Waals surface area contributed by atoms with Crippen LogP contribution in [0.1, 0.15) is 5.69 Å². The predicted molar refractivity (Wildman–Crippen MR) is 107 cm³/mol. The van der Waals surface area contributed by atoms with E-state index in [1.165, 1.54) is 31.4 Å². The van der Waals surface area contributed by atoms with Gasteiger partial charge >= 0.3 is 5.97 Å². The summed E-state index contributed by atoms with van der Waals surface area (Å²) in [5.74, 6) is -2.15. The van der Waals surface area contributed by atoms with E-state index in [9.17, 15) is 24.3 Å². The fourth-order valence-corrected chi connectivity index (χ4v) is 4.96. The van der Waals surface area contributed by atoms with Gasteiger partial charge in [-0.1, -0.05) is 5.16 Å². The number of thiazole rings is 1. The highest BCUT2D eigenvalue weighted by Gasteiger charge is 2.54. The third-order valence-corrected chi connectivity index (χ3v) is 6.29. The summed E-state index contributed by atoms with van der Waals surface area (Å²) in [7, 11) is 2.69. The molecule has 14 heteroatoms. The van der Waals surface area contributed by atoms with Crippen LogP contribution in [0.2, 0.25) is 0 Å². The van der Waals surface area contributed by atoms with Crippen molar-refractivity contribution in [3.05, 3.63) is 22.3 Å². The summed E-state index contributed by atoms with van der Waals surface area (Å²) in [5, 5.41) is 19.3. The van der Waals surface area contributed by atoms with Gasteiger partial charge in [-0.3, -0.25) is 19.3 Å². The van der Waals surface area contributed by atoms with Crippen LogP contribution in [-0.4, -0.2) is 82.9 Å². The number of aliphatic carboxylic acids is 1. The van der Waals surface area contributed by atoms with Crippen LogP contribution in [0.25, 0.3) is 0 Å². The number of methoxy groups -OCH3 is 1. The van der Waals surface area contributed by atoms with E-state index in [1.54, 1.807) is 0 Å². The predicted octanol–water partition coefficient (Wildman–Crippen LogP) is -0.553.